The van der Waals surface area contributed by atoms with Crippen LogP contribution >= 0.6 is 0 Å². The summed E-state index contributed by atoms with van der Waals surface area (Å²) in [6.07, 6.45) is -0.177. The third-order valence-corrected chi connectivity index (χ3v) is 5.35. The molecule has 0 fully saturated rings. The van der Waals surface area contributed by atoms with E-state index in [1.54, 1.807) is 13.8 Å². The second-order valence-corrected chi connectivity index (χ2v) is 8.35. The van der Waals surface area contributed by atoms with Gasteiger partial charge in [0.1, 0.15) is 0 Å². The van der Waals surface area contributed by atoms with Crippen LogP contribution in [0.4, 0.5) is 0 Å². The summed E-state index contributed by atoms with van der Waals surface area (Å²) in [5.41, 5.74) is 1.53. The minimum atomic E-state index is -3.63. The Hall–Kier alpha value is -2.74. The molecule has 144 valence electrons. The number of carbonyl (C=O) groups excluding carboxylic acids is 3. The van der Waals surface area contributed by atoms with Crippen LogP contribution in [0.1, 0.15) is 56.3 Å². The predicted molar refractivity (Wildman–Crippen MR) is 99.0 cm³/mol. The van der Waals surface area contributed by atoms with Crippen molar-refractivity contribution in [2.75, 3.05) is 6.26 Å². The van der Waals surface area contributed by atoms with Crippen LogP contribution in [0.25, 0.3) is 0 Å². The molecule has 0 radical (unpaired) electrons. The fraction of sp³-hybridized carbons (Fsp3) is 0.316. The fourth-order valence-corrected chi connectivity index (χ4v) is 3.84. The number of aryl methyl sites for hydroxylation is 1. The molecule has 0 saturated heterocycles. The highest BCUT2D eigenvalue weighted by molar-refractivity contribution is 7.90. The molecule has 1 aromatic heterocycles. The van der Waals surface area contributed by atoms with E-state index in [0.717, 1.165) is 6.26 Å². The second-order valence-electron chi connectivity index (χ2n) is 6.36. The zero-order valence-corrected chi connectivity index (χ0v) is 16.6. The monoisotopic (exact) mass is 391 g/mol. The van der Waals surface area contributed by atoms with Crippen molar-refractivity contribution in [2.24, 2.45) is 0 Å². The number of nitrogens with one attached hydrogen (secondary N) is 1. The maximum atomic E-state index is 12.7. The van der Waals surface area contributed by atoms with Crippen molar-refractivity contribution >= 4 is 27.4 Å². The van der Waals surface area contributed by atoms with Crippen LogP contribution in [0.3, 0.4) is 0 Å². The molecular weight excluding hydrogens is 370 g/mol. The van der Waals surface area contributed by atoms with Crippen molar-refractivity contribution in [3.63, 3.8) is 0 Å². The van der Waals surface area contributed by atoms with Crippen LogP contribution in [0.5, 0.6) is 0 Å². The van der Waals surface area contributed by atoms with Gasteiger partial charge in [-0.2, -0.15) is 0 Å². The Morgan fingerprint density at radius 3 is 2.22 bits per heavy atom. The Labute approximate surface area is 157 Å². The number of ketones is 2. The lowest BCUT2D eigenvalue weighted by Crippen LogP contribution is -2.26. The number of aromatic amines is 1. The molecule has 0 aliphatic rings. The van der Waals surface area contributed by atoms with Gasteiger partial charge in [-0.25, -0.2) is 13.2 Å². The Morgan fingerprint density at radius 2 is 1.70 bits per heavy atom. The van der Waals surface area contributed by atoms with E-state index in [1.165, 1.54) is 38.1 Å². The van der Waals surface area contributed by atoms with Gasteiger partial charge in [0, 0.05) is 17.5 Å². The topological polar surface area (TPSA) is 110 Å². The average molecular weight is 391 g/mol. The third kappa shape index (κ3) is 4.16. The lowest BCUT2D eigenvalue weighted by atomic mass is 10.0. The molecule has 0 bridgehead atoms. The van der Waals surface area contributed by atoms with E-state index in [2.05, 4.69) is 4.98 Å². The number of Topliss-reactive ketones (excluding diaryl/α,β-unsaturated/α-hetero) is 2. The standard InChI is InChI=1S/C19H21NO6S/c1-10-16(12(3)21)11(2)20-17(10)18(22)13(4)26-19(23)14-8-6-7-9-15(14)27(5,24)25/h6-9,13,20H,1-5H3/t13-/m1/s1. The molecule has 27 heavy (non-hydrogen) atoms. The summed E-state index contributed by atoms with van der Waals surface area (Å²) in [6.45, 7) is 6.12. The number of H-pyrrole nitrogens is 1. The van der Waals surface area contributed by atoms with E-state index >= 15 is 0 Å². The first kappa shape index (κ1) is 20.6. The molecule has 0 spiro atoms. The van der Waals surface area contributed by atoms with Crippen LogP contribution in [-0.2, 0) is 14.6 Å². The van der Waals surface area contributed by atoms with E-state index in [-0.39, 0.29) is 21.9 Å². The van der Waals surface area contributed by atoms with Gasteiger partial charge in [0.2, 0.25) is 5.78 Å². The number of ether oxygens (including phenoxy) is 1. The number of aromatic nitrogens is 1. The maximum Gasteiger partial charge on any atom is 0.340 e. The number of hydrogen-bond donors (Lipinski definition) is 1. The molecule has 0 aliphatic heterocycles. The van der Waals surface area contributed by atoms with E-state index in [9.17, 15) is 22.8 Å². The molecule has 8 heteroatoms. The summed E-state index contributed by atoms with van der Waals surface area (Å²) in [7, 11) is -3.63. The van der Waals surface area contributed by atoms with E-state index in [0.29, 0.717) is 16.8 Å². The molecule has 2 rings (SSSR count). The van der Waals surface area contributed by atoms with Crippen molar-refractivity contribution in [1.29, 1.82) is 0 Å². The molecule has 7 nitrogen and oxygen atoms in total. The first-order valence-electron chi connectivity index (χ1n) is 8.19. The van der Waals surface area contributed by atoms with Crippen LogP contribution in [0, 0.1) is 13.8 Å². The first-order chi connectivity index (χ1) is 12.4. The summed E-state index contributed by atoms with van der Waals surface area (Å²) in [5.74, 6) is -1.59. The highest BCUT2D eigenvalue weighted by Crippen LogP contribution is 2.22. The van der Waals surface area contributed by atoms with Crippen molar-refractivity contribution in [3.05, 3.63) is 52.3 Å². The van der Waals surface area contributed by atoms with Gasteiger partial charge in [-0.3, -0.25) is 9.59 Å². The second kappa shape index (κ2) is 7.48. The largest absolute Gasteiger partial charge is 0.451 e. The zero-order chi connectivity index (χ0) is 20.5. The number of esters is 1. The molecular formula is C19H21NO6S. The van der Waals surface area contributed by atoms with Crippen LogP contribution in [0.15, 0.2) is 29.2 Å². The number of rotatable bonds is 6. The normalized spacial score (nSPS) is 12.5. The molecule has 2 aromatic rings. The zero-order valence-electron chi connectivity index (χ0n) is 15.7. The van der Waals surface area contributed by atoms with Gasteiger partial charge < -0.3 is 9.72 Å². The summed E-state index contributed by atoms with van der Waals surface area (Å²) in [6, 6.07) is 5.63. The highest BCUT2D eigenvalue weighted by atomic mass is 32.2. The van der Waals surface area contributed by atoms with Crippen LogP contribution in [0.2, 0.25) is 0 Å². The lowest BCUT2D eigenvalue weighted by molar-refractivity contribution is 0.0313. The Balaban J connectivity index is 2.30. The number of sulfone groups is 1. The van der Waals surface area contributed by atoms with Gasteiger partial charge >= 0.3 is 5.97 Å². The summed E-state index contributed by atoms with van der Waals surface area (Å²) < 4.78 is 28.9. The number of hydrogen-bond acceptors (Lipinski definition) is 6. The van der Waals surface area contributed by atoms with E-state index in [4.69, 9.17) is 4.74 Å². The predicted octanol–water partition coefficient (Wildman–Crippen LogP) is 2.67. The maximum absolute atomic E-state index is 12.7. The minimum absolute atomic E-state index is 0.136. The number of carbonyl (C=O) groups is 3. The quantitative estimate of drug-likeness (QED) is 0.599. The van der Waals surface area contributed by atoms with Gasteiger partial charge in [-0.15, -0.1) is 0 Å². The number of benzene rings is 1. The Morgan fingerprint density at radius 1 is 1.11 bits per heavy atom. The smallest absolute Gasteiger partial charge is 0.340 e. The van der Waals surface area contributed by atoms with Gasteiger partial charge in [0.05, 0.1) is 16.2 Å². The first-order valence-corrected chi connectivity index (χ1v) is 10.1. The fourth-order valence-electron chi connectivity index (χ4n) is 2.96. The highest BCUT2D eigenvalue weighted by Gasteiger charge is 2.28. The minimum Gasteiger partial charge on any atom is -0.451 e. The third-order valence-electron chi connectivity index (χ3n) is 4.20. The molecule has 0 saturated carbocycles. The molecule has 0 unspecified atom stereocenters. The lowest BCUT2D eigenvalue weighted by Gasteiger charge is -2.13. The summed E-state index contributed by atoms with van der Waals surface area (Å²) in [4.78, 5) is 39.5. The van der Waals surface area contributed by atoms with E-state index in [1.807, 2.05) is 0 Å². The van der Waals surface area contributed by atoms with Gasteiger partial charge in [0.15, 0.2) is 21.7 Å². The van der Waals surface area contributed by atoms with Crippen molar-refractivity contribution in [2.45, 2.75) is 38.7 Å². The molecule has 1 aromatic carbocycles. The van der Waals surface area contributed by atoms with Crippen molar-refractivity contribution < 1.29 is 27.5 Å². The SMILES string of the molecule is CC(=O)c1c(C)[nH]c(C(=O)[C@@H](C)OC(=O)c2ccccc2S(C)(=O)=O)c1C. The van der Waals surface area contributed by atoms with Gasteiger partial charge in [0.25, 0.3) is 0 Å². The molecule has 0 amide bonds. The molecule has 1 atom stereocenters. The van der Waals surface area contributed by atoms with Crippen molar-refractivity contribution in [1.82, 2.24) is 4.98 Å². The Kier molecular flexibility index (Phi) is 5.70. The molecule has 0 aliphatic carbocycles. The summed E-state index contributed by atoms with van der Waals surface area (Å²) in [5, 5.41) is 0. The van der Waals surface area contributed by atoms with Crippen LogP contribution < -0.4 is 0 Å². The van der Waals surface area contributed by atoms with Gasteiger partial charge in [-0.05, 0) is 45.4 Å². The van der Waals surface area contributed by atoms with Crippen molar-refractivity contribution in [3.8, 4) is 0 Å². The Bertz CT molecular complexity index is 1030. The van der Waals surface area contributed by atoms with Crippen LogP contribution in [-0.4, -0.2) is 43.3 Å². The van der Waals surface area contributed by atoms with E-state index < -0.39 is 27.7 Å². The average Bonchev–Trinajstić information content (AvgIpc) is 2.87. The van der Waals surface area contributed by atoms with Gasteiger partial charge in [-0.1, -0.05) is 12.1 Å². The molecule has 1 N–H and O–H groups in total. The molecule has 1 heterocycles. The summed E-state index contributed by atoms with van der Waals surface area (Å²) >= 11 is 0.